The van der Waals surface area contributed by atoms with Gasteiger partial charge in [-0.25, -0.2) is 14.0 Å². The zero-order chi connectivity index (χ0) is 16.2. The fraction of sp³-hybridized carbons (Fsp3) is 0.357. The van der Waals surface area contributed by atoms with E-state index in [9.17, 15) is 4.39 Å². The molecule has 1 aliphatic rings. The first-order valence-corrected chi connectivity index (χ1v) is 8.02. The number of nitrogens with zero attached hydrogens (tertiary/aromatic N) is 3. The third-order valence-electron chi connectivity index (χ3n) is 3.56. The molecule has 1 saturated heterocycles. The zero-order valence-corrected chi connectivity index (χ0v) is 13.8. The number of nitrogens with two attached hydrogens (primary N) is 1. The minimum absolute atomic E-state index is 0.154. The van der Waals surface area contributed by atoms with Gasteiger partial charge >= 0.3 is 0 Å². The van der Waals surface area contributed by atoms with Crippen molar-refractivity contribution >= 4 is 33.3 Å². The number of aliphatic imine (C=N–C) groups is 1. The normalized spacial score (nSPS) is 16.5. The van der Waals surface area contributed by atoms with Crippen LogP contribution in [-0.2, 0) is 0 Å². The first-order chi connectivity index (χ1) is 11.1. The van der Waals surface area contributed by atoms with Crippen molar-refractivity contribution in [2.24, 2.45) is 10.7 Å². The van der Waals surface area contributed by atoms with Crippen molar-refractivity contribution in [2.45, 2.75) is 18.9 Å². The number of halogens is 2. The van der Waals surface area contributed by atoms with Gasteiger partial charge in [-0.15, -0.1) is 0 Å². The Balaban J connectivity index is 1.79. The molecular formula is C14H16BrFN6O. The molecule has 0 atom stereocenters. The Morgan fingerprint density at radius 2 is 2.17 bits per heavy atom. The quantitative estimate of drug-likeness (QED) is 0.553. The van der Waals surface area contributed by atoms with Crippen LogP contribution in [0.5, 0.6) is 0 Å². The van der Waals surface area contributed by atoms with Crippen LogP contribution in [-0.4, -0.2) is 35.3 Å². The van der Waals surface area contributed by atoms with Crippen LogP contribution in [0.1, 0.15) is 18.5 Å². The van der Waals surface area contributed by atoms with Gasteiger partial charge in [0.2, 0.25) is 5.82 Å². The first kappa shape index (κ1) is 15.9. The third-order valence-corrected chi connectivity index (χ3v) is 4.17. The van der Waals surface area contributed by atoms with Gasteiger partial charge in [0.1, 0.15) is 5.82 Å². The van der Waals surface area contributed by atoms with E-state index in [4.69, 9.17) is 10.4 Å². The summed E-state index contributed by atoms with van der Waals surface area (Å²) < 4.78 is 18.4. The van der Waals surface area contributed by atoms with Crippen molar-refractivity contribution in [3.05, 3.63) is 34.2 Å². The smallest absolute Gasteiger partial charge is 0.202 e. The van der Waals surface area contributed by atoms with Gasteiger partial charge < -0.3 is 16.4 Å². The molecule has 1 aromatic carbocycles. The number of rotatable bonds is 4. The molecule has 122 valence electrons. The lowest BCUT2D eigenvalue weighted by Crippen LogP contribution is -2.35. The zero-order valence-electron chi connectivity index (χ0n) is 12.2. The molecule has 4 N–H and O–H groups in total. The lowest BCUT2D eigenvalue weighted by Gasteiger charge is -2.23. The van der Waals surface area contributed by atoms with E-state index < -0.39 is 0 Å². The number of aromatic nitrogens is 2. The van der Waals surface area contributed by atoms with Crippen molar-refractivity contribution in [2.75, 3.05) is 18.4 Å². The number of hydrogen-bond acceptors (Lipinski definition) is 6. The molecule has 9 heteroatoms. The minimum Gasteiger partial charge on any atom is -0.382 e. The lowest BCUT2D eigenvalue weighted by molar-refractivity contribution is 0.307. The van der Waals surface area contributed by atoms with Gasteiger partial charge in [0.15, 0.2) is 11.5 Å². The number of benzene rings is 1. The number of anilines is 1. The van der Waals surface area contributed by atoms with E-state index >= 15 is 0 Å². The molecule has 3 rings (SSSR count). The Kier molecular flexibility index (Phi) is 4.87. The van der Waals surface area contributed by atoms with Crippen molar-refractivity contribution in [3.8, 4) is 0 Å². The van der Waals surface area contributed by atoms with Gasteiger partial charge in [0.25, 0.3) is 0 Å². The van der Waals surface area contributed by atoms with E-state index in [1.165, 1.54) is 18.2 Å². The molecular weight excluding hydrogens is 367 g/mol. The van der Waals surface area contributed by atoms with Crippen LogP contribution >= 0.6 is 15.9 Å². The maximum atomic E-state index is 13.3. The second kappa shape index (κ2) is 7.05. The molecule has 0 aliphatic carbocycles. The molecule has 0 radical (unpaired) electrons. The Morgan fingerprint density at radius 3 is 2.91 bits per heavy atom. The lowest BCUT2D eigenvalue weighted by atomic mass is 10.1. The molecule has 1 fully saturated rings. The molecule has 0 saturated carbocycles. The molecule has 1 aliphatic heterocycles. The van der Waals surface area contributed by atoms with Crippen LogP contribution in [0.3, 0.4) is 0 Å². The Bertz CT molecular complexity index is 713. The molecule has 2 heterocycles. The van der Waals surface area contributed by atoms with Crippen molar-refractivity contribution in [1.82, 2.24) is 15.6 Å². The second-order valence-electron chi connectivity index (χ2n) is 5.23. The van der Waals surface area contributed by atoms with Crippen molar-refractivity contribution in [1.29, 1.82) is 0 Å². The van der Waals surface area contributed by atoms with Crippen molar-refractivity contribution < 1.29 is 9.02 Å². The van der Waals surface area contributed by atoms with Crippen LogP contribution < -0.4 is 16.4 Å². The van der Waals surface area contributed by atoms with Gasteiger partial charge in [-0.3, -0.25) is 0 Å². The largest absolute Gasteiger partial charge is 0.382 e. The number of piperidine rings is 1. The fourth-order valence-corrected chi connectivity index (χ4v) is 2.72. The summed E-state index contributed by atoms with van der Waals surface area (Å²) in [5, 5.41) is 14.2. The van der Waals surface area contributed by atoms with E-state index in [0.29, 0.717) is 21.7 Å². The van der Waals surface area contributed by atoms with Crippen LogP contribution in [0.15, 0.2) is 32.3 Å². The maximum Gasteiger partial charge on any atom is 0.202 e. The SMILES string of the molecule is NC(=Nc1ccc(F)c(Br)c1)c1nonc1NC1CCNCC1. The molecule has 0 spiro atoms. The molecule has 1 aromatic heterocycles. The molecule has 7 nitrogen and oxygen atoms in total. The molecule has 0 bridgehead atoms. The highest BCUT2D eigenvalue weighted by Crippen LogP contribution is 2.23. The average Bonchev–Trinajstić information content (AvgIpc) is 3.00. The summed E-state index contributed by atoms with van der Waals surface area (Å²) in [6.45, 7) is 1.90. The number of hydrogen-bond donors (Lipinski definition) is 3. The van der Waals surface area contributed by atoms with E-state index in [-0.39, 0.29) is 17.7 Å². The second-order valence-corrected chi connectivity index (χ2v) is 6.08. The van der Waals surface area contributed by atoms with Crippen molar-refractivity contribution in [3.63, 3.8) is 0 Å². The van der Waals surface area contributed by atoms with Crippen LogP contribution in [0.4, 0.5) is 15.9 Å². The van der Waals surface area contributed by atoms with Crippen LogP contribution in [0, 0.1) is 5.82 Å². The van der Waals surface area contributed by atoms with E-state index in [2.05, 4.69) is 41.9 Å². The van der Waals surface area contributed by atoms with Gasteiger partial charge in [0.05, 0.1) is 10.2 Å². The predicted molar refractivity (Wildman–Crippen MR) is 88.3 cm³/mol. The predicted octanol–water partition coefficient (Wildman–Crippen LogP) is 2.17. The summed E-state index contributed by atoms with van der Waals surface area (Å²) in [7, 11) is 0. The number of amidine groups is 1. The molecule has 0 unspecified atom stereocenters. The fourth-order valence-electron chi connectivity index (χ4n) is 2.36. The van der Waals surface area contributed by atoms with Crippen LogP contribution in [0.25, 0.3) is 0 Å². The van der Waals surface area contributed by atoms with Gasteiger partial charge in [-0.2, -0.15) is 0 Å². The molecule has 2 aromatic rings. The molecule has 23 heavy (non-hydrogen) atoms. The summed E-state index contributed by atoms with van der Waals surface area (Å²) in [5.41, 5.74) is 6.85. The number of nitrogens with one attached hydrogen (secondary N) is 2. The highest BCUT2D eigenvalue weighted by molar-refractivity contribution is 9.10. The van der Waals surface area contributed by atoms with Gasteiger partial charge in [0, 0.05) is 6.04 Å². The van der Waals surface area contributed by atoms with Crippen LogP contribution in [0.2, 0.25) is 0 Å². The summed E-state index contributed by atoms with van der Waals surface area (Å²) in [5.74, 6) is 0.263. The topological polar surface area (TPSA) is 101 Å². The summed E-state index contributed by atoms with van der Waals surface area (Å²) >= 11 is 3.12. The van der Waals surface area contributed by atoms with E-state index in [1.807, 2.05) is 0 Å². The summed E-state index contributed by atoms with van der Waals surface area (Å²) in [6.07, 6.45) is 1.96. The third kappa shape index (κ3) is 3.85. The summed E-state index contributed by atoms with van der Waals surface area (Å²) in [6, 6.07) is 4.66. The van der Waals surface area contributed by atoms with E-state index in [1.54, 1.807) is 0 Å². The monoisotopic (exact) mass is 382 g/mol. The van der Waals surface area contributed by atoms with Gasteiger partial charge in [-0.1, -0.05) is 0 Å². The minimum atomic E-state index is -0.362. The Morgan fingerprint density at radius 1 is 1.39 bits per heavy atom. The maximum absolute atomic E-state index is 13.3. The van der Waals surface area contributed by atoms with E-state index in [0.717, 1.165) is 25.9 Å². The standard InChI is InChI=1S/C14H16BrFN6O/c15-10-7-9(1-2-11(10)16)19-13(17)12-14(22-23-21-12)20-8-3-5-18-6-4-8/h1-2,7-8,18H,3-6H2,(H2,17,19)(H,20,22). The highest BCUT2D eigenvalue weighted by atomic mass is 79.9. The van der Waals surface area contributed by atoms with Gasteiger partial charge in [-0.05, 0) is 70.4 Å². The Labute approximate surface area is 140 Å². The average molecular weight is 383 g/mol. The molecule has 0 amide bonds. The summed E-state index contributed by atoms with van der Waals surface area (Å²) in [4.78, 5) is 4.24. The first-order valence-electron chi connectivity index (χ1n) is 7.23. The highest BCUT2D eigenvalue weighted by Gasteiger charge is 2.19. The Hall–Kier alpha value is -2.00.